The van der Waals surface area contributed by atoms with Crippen LogP contribution in [0.3, 0.4) is 0 Å². The summed E-state index contributed by atoms with van der Waals surface area (Å²) in [4.78, 5) is 8.44. The molecule has 1 aromatic heterocycles. The zero-order chi connectivity index (χ0) is 12.3. The molecule has 0 aliphatic rings. The van der Waals surface area contributed by atoms with Crippen molar-refractivity contribution in [3.8, 4) is 0 Å². The largest absolute Gasteiger partial charge is 0.425 e. The third-order valence-electron chi connectivity index (χ3n) is 2.37. The second-order valence-corrected chi connectivity index (χ2v) is 3.70. The lowest BCUT2D eigenvalue weighted by Crippen LogP contribution is -2.18. The molecule has 17 heavy (non-hydrogen) atoms. The fraction of sp³-hybridized carbons (Fsp3) is 0.167. The molecule has 3 N–H and O–H groups in total. The zero-order valence-corrected chi connectivity index (χ0v) is 9.54. The Kier molecular flexibility index (Phi) is 3.09. The van der Waals surface area contributed by atoms with Gasteiger partial charge in [-0.3, -0.25) is 4.99 Å². The monoisotopic (exact) mass is 230 g/mol. The topological polar surface area (TPSA) is 76.4 Å². The molecule has 0 unspecified atom stereocenters. The van der Waals surface area contributed by atoms with Gasteiger partial charge in [0.05, 0.1) is 6.54 Å². The number of aromatic nitrogens is 2. The molecule has 2 rings (SSSR count). The number of benzene rings is 1. The third kappa shape index (κ3) is 2.63. The molecule has 0 spiro atoms. The number of aryl methyl sites for hydroxylation is 1. The first-order chi connectivity index (χ1) is 8.16. The molecular weight excluding hydrogens is 216 g/mol. The van der Waals surface area contributed by atoms with E-state index in [4.69, 9.17) is 5.73 Å². The smallest absolute Gasteiger partial charge is 0.153 e. The Morgan fingerprint density at radius 1 is 1.35 bits per heavy atom. The van der Waals surface area contributed by atoms with Crippen LogP contribution >= 0.6 is 0 Å². The number of nitrogens with two attached hydrogens (primary N) is 1. The first-order valence-electron chi connectivity index (χ1n) is 5.26. The summed E-state index contributed by atoms with van der Waals surface area (Å²) in [6, 6.07) is 11.4. The Hall–Kier alpha value is -2.30. The first-order valence-corrected chi connectivity index (χ1v) is 5.26. The van der Waals surface area contributed by atoms with Crippen LogP contribution in [0.25, 0.3) is 0 Å². The van der Waals surface area contributed by atoms with E-state index in [-0.39, 0.29) is 5.82 Å². The van der Waals surface area contributed by atoms with E-state index in [9.17, 15) is 5.21 Å². The van der Waals surface area contributed by atoms with Gasteiger partial charge in [-0.25, -0.2) is 4.98 Å². The lowest BCUT2D eigenvalue weighted by molar-refractivity contribution is 0.179. The molecule has 0 saturated heterocycles. The number of nitrogens with zero attached hydrogens (tertiary/aromatic N) is 3. The van der Waals surface area contributed by atoms with Gasteiger partial charge in [-0.15, -0.1) is 0 Å². The molecule has 0 saturated carbocycles. The molecule has 0 bridgehead atoms. The van der Waals surface area contributed by atoms with Crippen molar-refractivity contribution in [2.45, 2.75) is 13.5 Å². The first kappa shape index (κ1) is 11.2. The normalized spacial score (nSPS) is 11.7. The summed E-state index contributed by atoms with van der Waals surface area (Å²) in [7, 11) is 0. The maximum Gasteiger partial charge on any atom is 0.153 e. The number of nitrogen functional groups attached to an aromatic ring is 1. The SMILES string of the molecule is Cc1nc(=NCc2ccccc2)cc(N)n1O. The molecule has 0 radical (unpaired) electrons. The van der Waals surface area contributed by atoms with Crippen molar-refractivity contribution in [2.24, 2.45) is 4.99 Å². The number of hydrogen-bond acceptors (Lipinski definition) is 4. The minimum absolute atomic E-state index is 0.226. The van der Waals surface area contributed by atoms with E-state index in [0.29, 0.717) is 17.9 Å². The summed E-state index contributed by atoms with van der Waals surface area (Å²) < 4.78 is 0.835. The third-order valence-corrected chi connectivity index (χ3v) is 2.37. The highest BCUT2D eigenvalue weighted by molar-refractivity contribution is 5.26. The van der Waals surface area contributed by atoms with Crippen LogP contribution in [0.1, 0.15) is 11.4 Å². The van der Waals surface area contributed by atoms with E-state index in [1.54, 1.807) is 6.92 Å². The van der Waals surface area contributed by atoms with E-state index in [1.807, 2.05) is 30.3 Å². The van der Waals surface area contributed by atoms with Gasteiger partial charge in [-0.1, -0.05) is 30.3 Å². The van der Waals surface area contributed by atoms with Gasteiger partial charge < -0.3 is 10.9 Å². The summed E-state index contributed by atoms with van der Waals surface area (Å²) in [5.41, 5.74) is 7.23. The Balaban J connectivity index is 2.29. The molecule has 0 aliphatic heterocycles. The molecule has 1 aromatic carbocycles. The summed E-state index contributed by atoms with van der Waals surface area (Å²) >= 11 is 0. The van der Waals surface area contributed by atoms with E-state index in [1.165, 1.54) is 6.07 Å². The zero-order valence-electron chi connectivity index (χ0n) is 9.54. The van der Waals surface area contributed by atoms with Gasteiger partial charge in [-0.05, 0) is 12.5 Å². The van der Waals surface area contributed by atoms with Crippen molar-refractivity contribution in [1.82, 2.24) is 9.71 Å². The minimum atomic E-state index is 0.226. The second-order valence-electron chi connectivity index (χ2n) is 3.70. The molecule has 5 heteroatoms. The summed E-state index contributed by atoms with van der Waals surface area (Å²) in [6.07, 6.45) is 0. The van der Waals surface area contributed by atoms with Gasteiger partial charge in [0.15, 0.2) is 5.49 Å². The van der Waals surface area contributed by atoms with E-state index >= 15 is 0 Å². The highest BCUT2D eigenvalue weighted by atomic mass is 16.5. The Morgan fingerprint density at radius 2 is 2.06 bits per heavy atom. The number of rotatable bonds is 2. The molecule has 0 aliphatic carbocycles. The number of anilines is 1. The molecule has 0 amide bonds. The van der Waals surface area contributed by atoms with Crippen molar-refractivity contribution in [1.29, 1.82) is 0 Å². The molecule has 5 nitrogen and oxygen atoms in total. The molecule has 1 heterocycles. The predicted molar refractivity (Wildman–Crippen MR) is 64.3 cm³/mol. The van der Waals surface area contributed by atoms with Crippen LogP contribution in [-0.2, 0) is 6.54 Å². The van der Waals surface area contributed by atoms with Gasteiger partial charge >= 0.3 is 0 Å². The molecule has 0 atom stereocenters. The van der Waals surface area contributed by atoms with Gasteiger partial charge in [0, 0.05) is 6.07 Å². The summed E-state index contributed by atoms with van der Waals surface area (Å²) in [6.45, 7) is 2.21. The van der Waals surface area contributed by atoms with E-state index in [2.05, 4.69) is 9.98 Å². The minimum Gasteiger partial charge on any atom is -0.425 e. The molecular formula is C12H14N4O. The lowest BCUT2D eigenvalue weighted by atomic mass is 10.2. The van der Waals surface area contributed by atoms with Crippen LogP contribution in [0.2, 0.25) is 0 Å². The van der Waals surface area contributed by atoms with Crippen molar-refractivity contribution < 1.29 is 5.21 Å². The highest BCUT2D eigenvalue weighted by Crippen LogP contribution is 2.00. The Labute approximate surface area is 98.9 Å². The van der Waals surface area contributed by atoms with Crippen LogP contribution in [0.4, 0.5) is 5.82 Å². The van der Waals surface area contributed by atoms with Gasteiger partial charge in [-0.2, -0.15) is 4.73 Å². The quantitative estimate of drug-likeness (QED) is 0.759. The maximum atomic E-state index is 9.40. The Bertz CT molecular complexity index is 549. The fourth-order valence-corrected chi connectivity index (χ4v) is 1.46. The van der Waals surface area contributed by atoms with Crippen molar-refractivity contribution >= 4 is 5.82 Å². The maximum absolute atomic E-state index is 9.40. The van der Waals surface area contributed by atoms with Crippen LogP contribution in [0, 0.1) is 6.92 Å². The van der Waals surface area contributed by atoms with E-state index < -0.39 is 0 Å². The summed E-state index contributed by atoms with van der Waals surface area (Å²) in [5, 5.41) is 9.40. The fourth-order valence-electron chi connectivity index (χ4n) is 1.46. The van der Waals surface area contributed by atoms with Crippen molar-refractivity contribution in [3.63, 3.8) is 0 Å². The lowest BCUT2D eigenvalue weighted by Gasteiger charge is -2.04. The van der Waals surface area contributed by atoms with Crippen LogP contribution in [-0.4, -0.2) is 14.9 Å². The predicted octanol–water partition coefficient (Wildman–Crippen LogP) is 1.11. The highest BCUT2D eigenvalue weighted by Gasteiger charge is 1.99. The van der Waals surface area contributed by atoms with Crippen molar-refractivity contribution in [3.05, 3.63) is 53.3 Å². The summed E-state index contributed by atoms with van der Waals surface area (Å²) in [5.74, 6) is 0.640. The van der Waals surface area contributed by atoms with Crippen LogP contribution < -0.4 is 11.2 Å². The van der Waals surface area contributed by atoms with Gasteiger partial charge in [0.25, 0.3) is 0 Å². The van der Waals surface area contributed by atoms with E-state index in [0.717, 1.165) is 10.3 Å². The number of hydrogen-bond donors (Lipinski definition) is 2. The van der Waals surface area contributed by atoms with Crippen LogP contribution in [0.15, 0.2) is 41.4 Å². The van der Waals surface area contributed by atoms with Crippen LogP contribution in [0.5, 0.6) is 0 Å². The van der Waals surface area contributed by atoms with Crippen molar-refractivity contribution in [2.75, 3.05) is 5.73 Å². The molecule has 88 valence electrons. The molecule has 2 aromatic rings. The average Bonchev–Trinajstić information content (AvgIpc) is 2.34. The Morgan fingerprint density at radius 3 is 2.71 bits per heavy atom. The standard InChI is InChI=1S/C12H14N4O/c1-9-15-12(7-11(13)16(9)17)14-8-10-5-3-2-4-6-10/h2-7,17H,8,13H2,1H3. The second kappa shape index (κ2) is 4.69. The molecule has 0 fully saturated rings. The van der Waals surface area contributed by atoms with Gasteiger partial charge in [0.2, 0.25) is 0 Å². The van der Waals surface area contributed by atoms with Gasteiger partial charge in [0.1, 0.15) is 11.6 Å². The average molecular weight is 230 g/mol.